The van der Waals surface area contributed by atoms with E-state index in [2.05, 4.69) is 25.5 Å². The maximum atomic E-state index is 13.6. The molecule has 0 radical (unpaired) electrons. The number of hydrogen-bond acceptors (Lipinski definition) is 7. The number of methoxy groups -OCH3 is 1. The van der Waals surface area contributed by atoms with Gasteiger partial charge in [-0.15, -0.1) is 0 Å². The first-order chi connectivity index (χ1) is 17.9. The van der Waals surface area contributed by atoms with Crippen LogP contribution in [0.2, 0.25) is 0 Å². The van der Waals surface area contributed by atoms with E-state index in [1.54, 1.807) is 25.7 Å². The summed E-state index contributed by atoms with van der Waals surface area (Å²) >= 11 is 0. The molecule has 4 aromatic rings. The molecule has 2 aliphatic heterocycles. The molecule has 1 atom stereocenters. The topological polar surface area (TPSA) is 104 Å². The first kappa shape index (κ1) is 23.4. The Labute approximate surface area is 212 Å². The van der Waals surface area contributed by atoms with E-state index in [4.69, 9.17) is 4.74 Å². The third-order valence-electron chi connectivity index (χ3n) is 7.06. The number of carbonyl (C=O) groups is 1. The van der Waals surface area contributed by atoms with Crippen LogP contribution >= 0.6 is 0 Å². The number of halogens is 1. The molecule has 1 amide bonds. The number of β-amino-alcohol motifs (C(OH)–C–C–N with tert-alkyl or cyclic N) is 1. The maximum absolute atomic E-state index is 13.6. The van der Waals surface area contributed by atoms with Crippen molar-refractivity contribution in [2.45, 2.75) is 25.0 Å². The lowest BCUT2D eigenvalue weighted by Gasteiger charge is -2.39. The highest BCUT2D eigenvalue weighted by Crippen LogP contribution is 2.35. The summed E-state index contributed by atoms with van der Waals surface area (Å²) in [5.41, 5.74) is 4.26. The summed E-state index contributed by atoms with van der Waals surface area (Å²) in [5, 5.41) is 17.0. The van der Waals surface area contributed by atoms with E-state index in [1.165, 1.54) is 12.1 Å². The van der Waals surface area contributed by atoms with Crippen LogP contribution in [0.5, 0.6) is 0 Å². The summed E-state index contributed by atoms with van der Waals surface area (Å²) in [6.07, 6.45) is 6.68. The largest absolute Gasteiger partial charge is 0.386 e. The Morgan fingerprint density at radius 2 is 2.11 bits per heavy atom. The number of imidazole rings is 1. The van der Waals surface area contributed by atoms with Crippen LogP contribution in [-0.2, 0) is 11.3 Å². The molecule has 5 heterocycles. The number of pyridine rings is 2. The van der Waals surface area contributed by atoms with Crippen molar-refractivity contribution in [1.82, 2.24) is 19.7 Å². The number of fused-ring (bicyclic) bond motifs is 2. The SMILES string of the molecule is COC[C@@]1(O)CCCN(c2ccc(Nc3ccc(-c4cnc5cc(F)ccn45)c4c3C(=O)NC4)nc2)C1. The molecule has 10 heteroatoms. The number of aliphatic hydroxyl groups is 1. The lowest BCUT2D eigenvalue weighted by Crippen LogP contribution is -2.51. The van der Waals surface area contributed by atoms with Crippen LogP contribution in [0.15, 0.2) is 55.0 Å². The summed E-state index contributed by atoms with van der Waals surface area (Å²) in [4.78, 5) is 23.8. The summed E-state index contributed by atoms with van der Waals surface area (Å²) in [7, 11) is 1.60. The molecule has 9 nitrogen and oxygen atoms in total. The zero-order valence-corrected chi connectivity index (χ0v) is 20.4. The lowest BCUT2D eigenvalue weighted by molar-refractivity contribution is -0.0393. The van der Waals surface area contributed by atoms with Crippen LogP contribution in [0.1, 0.15) is 28.8 Å². The second-order valence-corrected chi connectivity index (χ2v) is 9.62. The van der Waals surface area contributed by atoms with Crippen LogP contribution in [0.4, 0.5) is 21.6 Å². The van der Waals surface area contributed by atoms with Gasteiger partial charge in [-0.05, 0) is 42.7 Å². The van der Waals surface area contributed by atoms with E-state index in [-0.39, 0.29) is 11.7 Å². The normalized spacial score (nSPS) is 19.2. The van der Waals surface area contributed by atoms with E-state index in [0.29, 0.717) is 48.8 Å². The summed E-state index contributed by atoms with van der Waals surface area (Å²) < 4.78 is 20.6. The average molecular weight is 503 g/mol. The molecule has 2 aliphatic rings. The molecule has 1 saturated heterocycles. The summed E-state index contributed by atoms with van der Waals surface area (Å²) in [6.45, 7) is 2.01. The summed E-state index contributed by atoms with van der Waals surface area (Å²) in [6, 6.07) is 10.4. The van der Waals surface area contributed by atoms with Crippen molar-refractivity contribution in [1.29, 1.82) is 0 Å². The zero-order chi connectivity index (χ0) is 25.6. The molecule has 0 spiro atoms. The number of rotatable bonds is 6. The molecule has 0 bridgehead atoms. The van der Waals surface area contributed by atoms with E-state index in [1.807, 2.05) is 28.7 Å². The Bertz CT molecular complexity index is 1480. The monoisotopic (exact) mass is 502 g/mol. The van der Waals surface area contributed by atoms with Crippen LogP contribution in [0, 0.1) is 5.82 Å². The molecule has 3 aromatic heterocycles. The van der Waals surface area contributed by atoms with Gasteiger partial charge in [-0.1, -0.05) is 6.07 Å². The number of amides is 1. The predicted molar refractivity (Wildman–Crippen MR) is 138 cm³/mol. The van der Waals surface area contributed by atoms with Gasteiger partial charge in [0.2, 0.25) is 0 Å². The van der Waals surface area contributed by atoms with Crippen molar-refractivity contribution in [3.8, 4) is 11.3 Å². The standard InChI is InChI=1S/C27H27FN6O3/c1-37-16-27(36)8-2-9-33(15-27)18-3-6-23(29-12-18)32-21-5-4-19(20-13-31-26(35)25(20)21)22-14-30-24-11-17(28)7-10-34(22)24/h3-7,10-12,14,36H,2,8-9,13,15-16H2,1H3,(H,29,32)(H,31,35)/t27-/m1/s1. The van der Waals surface area contributed by atoms with Gasteiger partial charge in [0.05, 0.1) is 41.6 Å². The number of nitrogens with zero attached hydrogens (tertiary/aromatic N) is 4. The van der Waals surface area contributed by atoms with Crippen molar-refractivity contribution >= 4 is 28.7 Å². The van der Waals surface area contributed by atoms with Crippen LogP contribution in [-0.4, -0.2) is 57.8 Å². The molecule has 0 saturated carbocycles. The Morgan fingerprint density at radius 1 is 1.22 bits per heavy atom. The predicted octanol–water partition coefficient (Wildman–Crippen LogP) is 3.50. The number of piperidine rings is 1. The lowest BCUT2D eigenvalue weighted by atomic mass is 9.93. The molecular weight excluding hydrogens is 475 g/mol. The van der Waals surface area contributed by atoms with Crippen molar-refractivity contribution in [2.24, 2.45) is 0 Å². The third kappa shape index (κ3) is 4.28. The van der Waals surface area contributed by atoms with Gasteiger partial charge in [0.1, 0.15) is 22.9 Å². The van der Waals surface area contributed by atoms with Crippen molar-refractivity contribution in [3.63, 3.8) is 0 Å². The van der Waals surface area contributed by atoms with Crippen LogP contribution in [0.25, 0.3) is 16.9 Å². The van der Waals surface area contributed by atoms with Crippen molar-refractivity contribution < 1.29 is 19.0 Å². The molecular formula is C27H27FN6O3. The second-order valence-electron chi connectivity index (χ2n) is 9.62. The average Bonchev–Trinajstić information content (AvgIpc) is 3.48. The number of ether oxygens (including phenoxy) is 1. The van der Waals surface area contributed by atoms with Gasteiger partial charge in [-0.3, -0.25) is 9.20 Å². The third-order valence-corrected chi connectivity index (χ3v) is 7.06. The van der Waals surface area contributed by atoms with E-state index in [0.717, 1.165) is 35.5 Å². The van der Waals surface area contributed by atoms with Gasteiger partial charge in [-0.2, -0.15) is 0 Å². The zero-order valence-electron chi connectivity index (χ0n) is 20.4. The van der Waals surface area contributed by atoms with Gasteiger partial charge in [-0.25, -0.2) is 14.4 Å². The molecule has 0 unspecified atom stereocenters. The van der Waals surface area contributed by atoms with Crippen molar-refractivity contribution in [3.05, 3.63) is 71.9 Å². The minimum Gasteiger partial charge on any atom is -0.386 e. The Balaban J connectivity index is 1.27. The summed E-state index contributed by atoms with van der Waals surface area (Å²) in [5.74, 6) is 0.0881. The van der Waals surface area contributed by atoms with Gasteiger partial charge in [0, 0.05) is 44.6 Å². The minimum absolute atomic E-state index is 0.165. The highest BCUT2D eigenvalue weighted by Gasteiger charge is 2.33. The first-order valence-electron chi connectivity index (χ1n) is 12.2. The molecule has 0 aliphatic carbocycles. The fourth-order valence-electron chi connectivity index (χ4n) is 5.35. The second kappa shape index (κ2) is 9.13. The molecule has 190 valence electrons. The molecule has 37 heavy (non-hydrogen) atoms. The highest BCUT2D eigenvalue weighted by molar-refractivity contribution is 6.06. The Hall–Kier alpha value is -4.02. The Kier molecular flexibility index (Phi) is 5.77. The van der Waals surface area contributed by atoms with Gasteiger partial charge in [0.25, 0.3) is 5.91 Å². The highest BCUT2D eigenvalue weighted by atomic mass is 19.1. The maximum Gasteiger partial charge on any atom is 0.254 e. The quantitative estimate of drug-likeness (QED) is 0.371. The fourth-order valence-corrected chi connectivity index (χ4v) is 5.35. The molecule has 1 fully saturated rings. The fraction of sp³-hybridized carbons (Fsp3) is 0.296. The number of hydrogen-bond donors (Lipinski definition) is 3. The smallest absolute Gasteiger partial charge is 0.254 e. The number of carbonyl (C=O) groups excluding carboxylic acids is 1. The minimum atomic E-state index is -0.866. The molecule has 3 N–H and O–H groups in total. The van der Waals surface area contributed by atoms with E-state index >= 15 is 0 Å². The number of aromatic nitrogens is 3. The number of nitrogens with one attached hydrogen (secondary N) is 2. The molecule has 6 rings (SSSR count). The van der Waals surface area contributed by atoms with Gasteiger partial charge < -0.3 is 25.4 Å². The van der Waals surface area contributed by atoms with Gasteiger partial charge in [0.15, 0.2) is 0 Å². The first-order valence-corrected chi connectivity index (χ1v) is 12.2. The number of anilines is 3. The number of benzene rings is 1. The van der Waals surface area contributed by atoms with Gasteiger partial charge >= 0.3 is 0 Å². The van der Waals surface area contributed by atoms with Crippen LogP contribution in [0.3, 0.4) is 0 Å². The van der Waals surface area contributed by atoms with Crippen molar-refractivity contribution in [2.75, 3.05) is 37.0 Å². The van der Waals surface area contributed by atoms with Crippen LogP contribution < -0.4 is 15.5 Å². The van der Waals surface area contributed by atoms with E-state index < -0.39 is 5.60 Å². The molecule has 1 aromatic carbocycles. The van der Waals surface area contributed by atoms with E-state index in [9.17, 15) is 14.3 Å². The Morgan fingerprint density at radius 3 is 2.92 bits per heavy atom.